The molecule has 24 heavy (non-hydrogen) atoms. The van der Waals surface area contributed by atoms with Crippen LogP contribution in [0.15, 0.2) is 48.5 Å². The summed E-state index contributed by atoms with van der Waals surface area (Å²) in [7, 11) is 0. The van der Waals surface area contributed by atoms with Crippen LogP contribution in [0.25, 0.3) is 11.1 Å². The fraction of sp³-hybridized carbons (Fsp3) is 0.409. The number of carboxylic acid groups (broad SMARTS) is 1. The lowest BCUT2D eigenvalue weighted by molar-refractivity contribution is -0.137. The van der Waals surface area contributed by atoms with Crippen LogP contribution in [0.2, 0.25) is 0 Å². The second-order valence-corrected chi connectivity index (χ2v) is 6.45. The van der Waals surface area contributed by atoms with Crippen molar-refractivity contribution >= 4 is 5.97 Å². The van der Waals surface area contributed by atoms with Gasteiger partial charge in [0.1, 0.15) is 0 Å². The van der Waals surface area contributed by atoms with E-state index in [4.69, 9.17) is 5.11 Å². The molecule has 0 saturated heterocycles. The van der Waals surface area contributed by atoms with Crippen molar-refractivity contribution in [2.45, 2.75) is 58.3 Å². The van der Waals surface area contributed by atoms with E-state index >= 15 is 0 Å². The summed E-state index contributed by atoms with van der Waals surface area (Å²) in [6.07, 6.45) is 7.90. The maximum absolute atomic E-state index is 10.5. The van der Waals surface area contributed by atoms with Gasteiger partial charge in [-0.1, -0.05) is 68.3 Å². The van der Waals surface area contributed by atoms with Crippen LogP contribution < -0.4 is 0 Å². The molecule has 0 amide bonds. The van der Waals surface area contributed by atoms with Crippen LogP contribution in [0, 0.1) is 0 Å². The van der Waals surface area contributed by atoms with Crippen molar-refractivity contribution in [2.24, 2.45) is 0 Å². The van der Waals surface area contributed by atoms with Crippen molar-refractivity contribution in [1.29, 1.82) is 0 Å². The minimum absolute atomic E-state index is 0.267. The molecule has 0 aromatic heterocycles. The topological polar surface area (TPSA) is 37.3 Å². The number of hydrogen-bond donors (Lipinski definition) is 1. The quantitative estimate of drug-likeness (QED) is 0.554. The van der Waals surface area contributed by atoms with E-state index in [1.165, 1.54) is 47.9 Å². The molecule has 0 aliphatic heterocycles. The van der Waals surface area contributed by atoms with Gasteiger partial charge in [0.2, 0.25) is 0 Å². The molecule has 0 unspecified atom stereocenters. The molecule has 2 rings (SSSR count). The van der Waals surface area contributed by atoms with Gasteiger partial charge in [-0.25, -0.2) is 0 Å². The van der Waals surface area contributed by atoms with Gasteiger partial charge in [0, 0.05) is 6.42 Å². The maximum Gasteiger partial charge on any atom is 0.303 e. The Kier molecular flexibility index (Phi) is 7.54. The number of carbonyl (C=O) groups is 1. The van der Waals surface area contributed by atoms with Gasteiger partial charge >= 0.3 is 5.97 Å². The van der Waals surface area contributed by atoms with Crippen molar-refractivity contribution in [3.8, 4) is 11.1 Å². The summed E-state index contributed by atoms with van der Waals surface area (Å²) in [6.45, 7) is 2.24. The first kappa shape index (κ1) is 18.3. The molecule has 0 heterocycles. The SMILES string of the molecule is CCCCCc1ccc(-c2ccc(CCCCC(=O)O)cc2)cc1. The molecule has 0 bridgehead atoms. The zero-order valence-corrected chi connectivity index (χ0v) is 14.6. The van der Waals surface area contributed by atoms with Crippen molar-refractivity contribution in [2.75, 3.05) is 0 Å². The highest BCUT2D eigenvalue weighted by Crippen LogP contribution is 2.21. The standard InChI is InChI=1S/C22H28O2/c1-2-3-4-7-18-10-14-20(15-11-18)21-16-12-19(13-17-21)8-5-6-9-22(23)24/h10-17H,2-9H2,1H3,(H,23,24). The van der Waals surface area contributed by atoms with Crippen LogP contribution in [0.5, 0.6) is 0 Å². The summed E-state index contributed by atoms with van der Waals surface area (Å²) < 4.78 is 0. The van der Waals surface area contributed by atoms with Gasteiger partial charge in [-0.05, 0) is 54.4 Å². The lowest BCUT2D eigenvalue weighted by Gasteiger charge is -2.06. The summed E-state index contributed by atoms with van der Waals surface area (Å²) in [5.74, 6) is -0.705. The Morgan fingerprint density at radius 3 is 1.62 bits per heavy atom. The van der Waals surface area contributed by atoms with Crippen molar-refractivity contribution in [3.63, 3.8) is 0 Å². The molecule has 0 saturated carbocycles. The Bertz CT molecular complexity index is 611. The normalized spacial score (nSPS) is 10.7. The predicted molar refractivity (Wildman–Crippen MR) is 100 cm³/mol. The highest BCUT2D eigenvalue weighted by molar-refractivity contribution is 5.66. The molecule has 0 fully saturated rings. The molecule has 2 heteroatoms. The molecule has 1 N–H and O–H groups in total. The summed E-state index contributed by atoms with van der Waals surface area (Å²) in [5.41, 5.74) is 5.19. The van der Waals surface area contributed by atoms with Crippen LogP contribution in [0.4, 0.5) is 0 Å². The zero-order valence-electron chi connectivity index (χ0n) is 14.6. The molecule has 2 nitrogen and oxygen atoms in total. The van der Waals surface area contributed by atoms with Gasteiger partial charge in [-0.2, -0.15) is 0 Å². The Hall–Kier alpha value is -2.09. The Labute approximate surface area is 145 Å². The van der Waals surface area contributed by atoms with Crippen LogP contribution in [-0.4, -0.2) is 11.1 Å². The number of hydrogen-bond acceptors (Lipinski definition) is 1. The van der Waals surface area contributed by atoms with Crippen LogP contribution in [0.3, 0.4) is 0 Å². The van der Waals surface area contributed by atoms with Crippen molar-refractivity contribution < 1.29 is 9.90 Å². The summed E-state index contributed by atoms with van der Waals surface area (Å²) >= 11 is 0. The van der Waals surface area contributed by atoms with E-state index < -0.39 is 5.97 Å². The maximum atomic E-state index is 10.5. The molecule has 2 aromatic rings. The average Bonchev–Trinajstić information content (AvgIpc) is 2.60. The highest BCUT2D eigenvalue weighted by Gasteiger charge is 2.01. The van der Waals surface area contributed by atoms with Crippen molar-refractivity contribution in [3.05, 3.63) is 59.7 Å². The number of unbranched alkanes of at least 4 members (excludes halogenated alkanes) is 3. The van der Waals surface area contributed by atoms with Gasteiger partial charge in [-0.15, -0.1) is 0 Å². The van der Waals surface area contributed by atoms with Crippen molar-refractivity contribution in [1.82, 2.24) is 0 Å². The minimum Gasteiger partial charge on any atom is -0.481 e. The van der Waals surface area contributed by atoms with Crippen LogP contribution in [-0.2, 0) is 17.6 Å². The molecule has 0 spiro atoms. The molecular weight excluding hydrogens is 296 g/mol. The molecule has 0 radical (unpaired) electrons. The van der Waals surface area contributed by atoms with Gasteiger partial charge in [-0.3, -0.25) is 4.79 Å². The fourth-order valence-electron chi connectivity index (χ4n) is 2.91. The van der Waals surface area contributed by atoms with Gasteiger partial charge in [0.25, 0.3) is 0 Å². The number of aryl methyl sites for hydroxylation is 2. The third-order valence-electron chi connectivity index (χ3n) is 4.42. The Morgan fingerprint density at radius 2 is 1.21 bits per heavy atom. The van der Waals surface area contributed by atoms with Gasteiger partial charge in [0.05, 0.1) is 0 Å². The summed E-state index contributed by atoms with van der Waals surface area (Å²) in [5, 5.41) is 8.65. The largest absolute Gasteiger partial charge is 0.481 e. The van der Waals surface area contributed by atoms with Gasteiger partial charge in [0.15, 0.2) is 0 Å². The van der Waals surface area contributed by atoms with Gasteiger partial charge < -0.3 is 5.11 Å². The number of benzene rings is 2. The summed E-state index contributed by atoms with van der Waals surface area (Å²) in [4.78, 5) is 10.5. The Balaban J connectivity index is 1.87. The smallest absolute Gasteiger partial charge is 0.303 e. The Morgan fingerprint density at radius 1 is 0.750 bits per heavy atom. The first-order chi connectivity index (χ1) is 11.7. The monoisotopic (exact) mass is 324 g/mol. The van der Waals surface area contributed by atoms with Crippen LogP contribution >= 0.6 is 0 Å². The molecule has 128 valence electrons. The van der Waals surface area contributed by atoms with E-state index in [1.54, 1.807) is 0 Å². The number of aliphatic carboxylic acids is 1. The predicted octanol–water partition coefficient (Wildman–Crippen LogP) is 5.88. The number of rotatable bonds is 10. The van der Waals surface area contributed by atoms with E-state index in [0.29, 0.717) is 0 Å². The molecule has 0 aliphatic carbocycles. The van der Waals surface area contributed by atoms with E-state index in [9.17, 15) is 4.79 Å². The lowest BCUT2D eigenvalue weighted by Crippen LogP contribution is -1.94. The van der Waals surface area contributed by atoms with Crippen LogP contribution in [0.1, 0.15) is 56.6 Å². The molecule has 2 aromatic carbocycles. The number of carboxylic acids is 1. The lowest BCUT2D eigenvalue weighted by atomic mass is 9.99. The van der Waals surface area contributed by atoms with E-state index in [1.807, 2.05) is 0 Å². The van der Waals surface area contributed by atoms with E-state index in [-0.39, 0.29) is 6.42 Å². The first-order valence-electron chi connectivity index (χ1n) is 9.09. The van der Waals surface area contributed by atoms with E-state index in [0.717, 1.165) is 19.3 Å². The molecular formula is C22H28O2. The minimum atomic E-state index is -0.705. The highest BCUT2D eigenvalue weighted by atomic mass is 16.4. The average molecular weight is 324 g/mol. The molecule has 0 atom stereocenters. The third kappa shape index (κ3) is 6.19. The third-order valence-corrected chi connectivity index (χ3v) is 4.42. The summed E-state index contributed by atoms with van der Waals surface area (Å²) in [6, 6.07) is 17.6. The van der Waals surface area contributed by atoms with E-state index in [2.05, 4.69) is 55.5 Å². The molecule has 0 aliphatic rings. The second kappa shape index (κ2) is 9.92. The zero-order chi connectivity index (χ0) is 17.2. The fourth-order valence-corrected chi connectivity index (χ4v) is 2.91. The second-order valence-electron chi connectivity index (χ2n) is 6.45. The first-order valence-corrected chi connectivity index (χ1v) is 9.09.